The molecule has 0 amide bonds. The van der Waals surface area contributed by atoms with Gasteiger partial charge in [0, 0.05) is 0 Å². The minimum absolute atomic E-state index is 0.252. The summed E-state index contributed by atoms with van der Waals surface area (Å²) in [4.78, 5) is 0. The smallest absolute Gasteiger partial charge is 0.172 e. The second-order valence-electron chi connectivity index (χ2n) is 2.69. The first-order valence-corrected chi connectivity index (χ1v) is 7.79. The molecule has 0 bridgehead atoms. The Morgan fingerprint density at radius 1 is 1.33 bits per heavy atom. The molecule has 0 N–H and O–H groups in total. The predicted molar refractivity (Wildman–Crippen MR) is 50.2 cm³/mol. The summed E-state index contributed by atoms with van der Waals surface area (Å²) in [5.41, 5.74) is -0.0633. The van der Waals surface area contributed by atoms with Crippen LogP contribution >= 0.6 is 34.0 Å². The molecule has 0 aliphatic carbocycles. The van der Waals surface area contributed by atoms with E-state index in [2.05, 4.69) is 0 Å². The van der Waals surface area contributed by atoms with Crippen LogP contribution in [0.5, 0.6) is 0 Å². The average molecular weight is 203 g/mol. The van der Waals surface area contributed by atoms with Gasteiger partial charge in [0.1, 0.15) is 7.38 Å². The highest BCUT2D eigenvalue weighted by molar-refractivity contribution is 7.41. The van der Waals surface area contributed by atoms with Gasteiger partial charge in [-0.3, -0.25) is 0 Å². The molecular formula is C4H10BCl3Si. The van der Waals surface area contributed by atoms with Gasteiger partial charge >= 0.3 is 5.54 Å². The molecule has 0 fully saturated rings. The lowest BCUT2D eigenvalue weighted by Crippen LogP contribution is -2.29. The van der Waals surface area contributed by atoms with E-state index in [0.29, 0.717) is 0 Å². The Kier molecular flexibility index (Phi) is 3.97. The van der Waals surface area contributed by atoms with Crippen molar-refractivity contribution in [2.75, 3.05) is 0 Å². The summed E-state index contributed by atoms with van der Waals surface area (Å²) in [5.74, 6) is 0. The van der Waals surface area contributed by atoms with E-state index < -0.39 is 7.38 Å². The van der Waals surface area contributed by atoms with Crippen LogP contribution in [0, 0.1) is 0 Å². The van der Waals surface area contributed by atoms with Crippen molar-refractivity contribution >= 4 is 46.9 Å². The van der Waals surface area contributed by atoms with Crippen LogP contribution in [-0.4, -0.2) is 12.9 Å². The lowest BCUT2D eigenvalue weighted by atomic mass is 10.0. The van der Waals surface area contributed by atoms with Gasteiger partial charge in [-0.05, 0) is 5.44 Å². The standard InChI is InChI=1S/C4H10BCl3Si/c1-4(5(6)7)9(2,3)8/h4H,1-3H3. The molecule has 54 valence electrons. The molecule has 1 atom stereocenters. The minimum Gasteiger partial charge on any atom is -0.172 e. The highest BCUT2D eigenvalue weighted by Gasteiger charge is 2.33. The third kappa shape index (κ3) is 3.76. The maximum absolute atomic E-state index is 6.05. The lowest BCUT2D eigenvalue weighted by Gasteiger charge is -2.20. The van der Waals surface area contributed by atoms with E-state index in [4.69, 9.17) is 34.0 Å². The zero-order chi connectivity index (χ0) is 7.65. The molecule has 0 radical (unpaired) electrons. The Morgan fingerprint density at radius 2 is 1.67 bits per heavy atom. The van der Waals surface area contributed by atoms with Gasteiger partial charge in [-0.25, -0.2) is 0 Å². The molecule has 9 heavy (non-hydrogen) atoms. The first kappa shape index (κ1) is 10.2. The largest absolute Gasteiger partial charge is 0.353 e. The topological polar surface area (TPSA) is 0 Å². The van der Waals surface area contributed by atoms with E-state index in [1.807, 2.05) is 20.0 Å². The second-order valence-corrected chi connectivity index (χ2v) is 10.8. The molecule has 0 aromatic carbocycles. The van der Waals surface area contributed by atoms with Crippen LogP contribution in [0.25, 0.3) is 0 Å². The Hall–Kier alpha value is 1.15. The van der Waals surface area contributed by atoms with Gasteiger partial charge in [0.2, 0.25) is 0 Å². The van der Waals surface area contributed by atoms with E-state index in [1.165, 1.54) is 0 Å². The van der Waals surface area contributed by atoms with E-state index in [9.17, 15) is 0 Å². The zero-order valence-corrected chi connectivity index (χ0v) is 9.06. The summed E-state index contributed by atoms with van der Waals surface area (Å²) in [7, 11) is -1.62. The zero-order valence-electron chi connectivity index (χ0n) is 5.79. The van der Waals surface area contributed by atoms with Gasteiger partial charge in [0.25, 0.3) is 0 Å². The van der Waals surface area contributed by atoms with Gasteiger partial charge < -0.3 is 0 Å². The summed E-state index contributed by atoms with van der Waals surface area (Å²) in [6.07, 6.45) is 0. The number of halogens is 3. The van der Waals surface area contributed by atoms with Gasteiger partial charge in [-0.2, -0.15) is 34.0 Å². The van der Waals surface area contributed by atoms with Crippen molar-refractivity contribution in [3.8, 4) is 0 Å². The van der Waals surface area contributed by atoms with E-state index in [1.54, 1.807) is 0 Å². The fourth-order valence-electron chi connectivity index (χ4n) is 0.300. The van der Waals surface area contributed by atoms with Crippen molar-refractivity contribution in [2.45, 2.75) is 25.5 Å². The van der Waals surface area contributed by atoms with Crippen LogP contribution in [0.1, 0.15) is 6.92 Å². The van der Waals surface area contributed by atoms with Gasteiger partial charge in [0.05, 0.1) is 0 Å². The predicted octanol–water partition coefficient (Wildman–Crippen LogP) is 3.33. The molecule has 0 nitrogen and oxygen atoms in total. The molecule has 0 rings (SSSR count). The maximum Gasteiger partial charge on any atom is 0.353 e. The van der Waals surface area contributed by atoms with E-state index in [-0.39, 0.29) is 11.0 Å². The monoisotopic (exact) mass is 202 g/mol. The molecule has 0 saturated heterocycles. The van der Waals surface area contributed by atoms with Crippen LogP contribution in [0.4, 0.5) is 0 Å². The Bertz CT molecular complexity index is 90.3. The third-order valence-electron chi connectivity index (χ3n) is 1.46. The summed E-state index contributed by atoms with van der Waals surface area (Å²) in [6, 6.07) is 0. The van der Waals surface area contributed by atoms with E-state index >= 15 is 0 Å². The highest BCUT2D eigenvalue weighted by Crippen LogP contribution is 2.30. The molecule has 0 aliphatic heterocycles. The molecule has 0 aromatic rings. The van der Waals surface area contributed by atoms with Crippen molar-refractivity contribution in [2.24, 2.45) is 0 Å². The third-order valence-corrected chi connectivity index (χ3v) is 6.17. The Labute approximate surface area is 72.5 Å². The van der Waals surface area contributed by atoms with Crippen molar-refractivity contribution in [1.82, 2.24) is 0 Å². The second kappa shape index (κ2) is 3.52. The molecular weight excluding hydrogens is 193 g/mol. The van der Waals surface area contributed by atoms with Crippen LogP contribution in [-0.2, 0) is 0 Å². The van der Waals surface area contributed by atoms with Crippen molar-refractivity contribution < 1.29 is 0 Å². The average Bonchev–Trinajstić information content (AvgIpc) is 1.62. The molecule has 5 heteroatoms. The number of hydrogen-bond acceptors (Lipinski definition) is 0. The van der Waals surface area contributed by atoms with Gasteiger partial charge in [-0.15, -0.1) is 0 Å². The lowest BCUT2D eigenvalue weighted by molar-refractivity contribution is 1.28. The van der Waals surface area contributed by atoms with Crippen LogP contribution in [0.2, 0.25) is 18.5 Å². The van der Waals surface area contributed by atoms with Gasteiger partial charge in [0.15, 0.2) is 0 Å². The quantitative estimate of drug-likeness (QED) is 0.477. The molecule has 0 aliphatic rings. The van der Waals surface area contributed by atoms with Crippen LogP contribution in [0.3, 0.4) is 0 Å². The Balaban J connectivity index is 3.88. The highest BCUT2D eigenvalue weighted by atomic mass is 35.6. The summed E-state index contributed by atoms with van der Waals surface area (Å²) in [5, 5.41) is 0. The number of hydrogen-bond donors (Lipinski definition) is 0. The maximum atomic E-state index is 6.05. The van der Waals surface area contributed by atoms with Crippen LogP contribution in [0.15, 0.2) is 0 Å². The van der Waals surface area contributed by atoms with Crippen molar-refractivity contribution in [3.05, 3.63) is 0 Å². The molecule has 0 saturated carbocycles. The minimum atomic E-state index is -1.62. The summed E-state index contributed by atoms with van der Waals surface area (Å²) in [6.45, 7) is 6.07. The van der Waals surface area contributed by atoms with Gasteiger partial charge in [-0.1, -0.05) is 20.0 Å². The number of rotatable bonds is 2. The molecule has 0 heterocycles. The molecule has 0 aromatic heterocycles. The summed E-state index contributed by atoms with van der Waals surface area (Å²) < 4.78 is 0. The van der Waals surface area contributed by atoms with Crippen molar-refractivity contribution in [1.29, 1.82) is 0 Å². The first-order valence-electron chi connectivity index (χ1n) is 2.82. The fourth-order valence-corrected chi connectivity index (χ4v) is 3.55. The van der Waals surface area contributed by atoms with Crippen molar-refractivity contribution in [3.63, 3.8) is 0 Å². The Morgan fingerprint density at radius 3 is 1.67 bits per heavy atom. The summed E-state index contributed by atoms with van der Waals surface area (Å²) >= 11 is 17.3. The normalized spacial score (nSPS) is 15.3. The molecule has 0 spiro atoms. The van der Waals surface area contributed by atoms with Crippen LogP contribution < -0.4 is 0 Å². The van der Waals surface area contributed by atoms with E-state index in [0.717, 1.165) is 0 Å². The first-order chi connectivity index (χ1) is 3.85. The molecule has 1 unspecified atom stereocenters. The fraction of sp³-hybridized carbons (Fsp3) is 1.00. The SMILES string of the molecule is CC(B(Cl)Cl)[Si](C)(C)Cl.